The zero-order valence-corrected chi connectivity index (χ0v) is 16.5. The van der Waals surface area contributed by atoms with E-state index in [1.54, 1.807) is 18.0 Å². The number of aromatic nitrogens is 2. The molecule has 2 N–H and O–H groups in total. The number of urea groups is 1. The van der Waals surface area contributed by atoms with Crippen LogP contribution in [0.25, 0.3) is 11.5 Å². The Morgan fingerprint density at radius 1 is 1.18 bits per heavy atom. The van der Waals surface area contributed by atoms with Crippen LogP contribution in [0, 0.1) is 6.92 Å². The van der Waals surface area contributed by atoms with Gasteiger partial charge in [-0.25, -0.2) is 28.3 Å². The van der Waals surface area contributed by atoms with Crippen LogP contribution in [-0.4, -0.2) is 37.5 Å². The quantitative estimate of drug-likeness (QED) is 0.693. The topological polar surface area (TPSA) is 123 Å². The van der Waals surface area contributed by atoms with Gasteiger partial charge in [0, 0.05) is 24.3 Å². The minimum Gasteiger partial charge on any atom is -0.445 e. The fourth-order valence-corrected chi connectivity index (χ4v) is 5.01. The molecule has 3 heterocycles. The van der Waals surface area contributed by atoms with E-state index < -0.39 is 10.0 Å². The molecule has 0 bridgehead atoms. The van der Waals surface area contributed by atoms with Crippen molar-refractivity contribution in [2.24, 2.45) is 5.14 Å². The second-order valence-electron chi connectivity index (χ2n) is 6.24. The molecule has 0 saturated carbocycles. The van der Waals surface area contributed by atoms with Crippen LogP contribution in [0.3, 0.4) is 0 Å². The Balaban J connectivity index is 1.60. The van der Waals surface area contributed by atoms with E-state index in [-0.39, 0.29) is 10.2 Å². The van der Waals surface area contributed by atoms with Crippen molar-refractivity contribution in [3.63, 3.8) is 0 Å². The minimum absolute atomic E-state index is 0.0253. The summed E-state index contributed by atoms with van der Waals surface area (Å²) in [6.07, 6.45) is 3.79. The second kappa shape index (κ2) is 7.00. The second-order valence-corrected chi connectivity index (χ2v) is 8.97. The van der Waals surface area contributed by atoms with Gasteiger partial charge in [0.1, 0.15) is 6.26 Å². The van der Waals surface area contributed by atoms with Gasteiger partial charge in [-0.15, -0.1) is 0 Å². The van der Waals surface area contributed by atoms with E-state index >= 15 is 0 Å². The Hall–Kier alpha value is -2.76. The lowest BCUT2D eigenvalue weighted by Crippen LogP contribution is -2.49. The Bertz CT molecular complexity index is 1110. The third-order valence-corrected chi connectivity index (χ3v) is 7.05. The third-order valence-electron chi connectivity index (χ3n) is 4.32. The van der Waals surface area contributed by atoms with E-state index in [1.165, 1.54) is 11.2 Å². The molecule has 1 aromatic carbocycles. The summed E-state index contributed by atoms with van der Waals surface area (Å²) in [7, 11) is -3.87. The molecular weight excluding hydrogens is 402 g/mol. The molecule has 9 nitrogen and oxygen atoms in total. The van der Waals surface area contributed by atoms with Crippen LogP contribution in [0.15, 0.2) is 45.4 Å². The minimum atomic E-state index is -3.87. The van der Waals surface area contributed by atoms with Crippen LogP contribution in [0.4, 0.5) is 15.6 Å². The van der Waals surface area contributed by atoms with Crippen molar-refractivity contribution >= 4 is 38.2 Å². The highest BCUT2D eigenvalue weighted by Crippen LogP contribution is 2.32. The number of amides is 2. The van der Waals surface area contributed by atoms with Crippen molar-refractivity contribution in [3.05, 3.63) is 42.4 Å². The summed E-state index contributed by atoms with van der Waals surface area (Å²) >= 11 is 0.908. The number of anilines is 2. The number of sulfonamides is 1. The first-order valence-corrected chi connectivity index (χ1v) is 10.8. The maximum atomic E-state index is 13.0. The van der Waals surface area contributed by atoms with Gasteiger partial charge in [0.2, 0.25) is 15.9 Å². The molecule has 0 atom stereocenters. The van der Waals surface area contributed by atoms with Gasteiger partial charge in [0.05, 0.1) is 11.9 Å². The van der Waals surface area contributed by atoms with Crippen molar-refractivity contribution in [1.29, 1.82) is 0 Å². The number of nitrogens with two attached hydrogens (primary N) is 1. The monoisotopic (exact) mass is 419 g/mol. The van der Waals surface area contributed by atoms with Crippen molar-refractivity contribution in [3.8, 4) is 11.5 Å². The Kier molecular flexibility index (Phi) is 4.65. The van der Waals surface area contributed by atoms with E-state index in [0.717, 1.165) is 29.0 Å². The summed E-state index contributed by atoms with van der Waals surface area (Å²) in [5, 5.41) is 5.55. The molecule has 0 aliphatic carbocycles. The maximum Gasteiger partial charge on any atom is 0.330 e. The van der Waals surface area contributed by atoms with Crippen LogP contribution in [0.5, 0.6) is 0 Å². The first-order valence-electron chi connectivity index (χ1n) is 8.44. The van der Waals surface area contributed by atoms with E-state index in [0.29, 0.717) is 29.8 Å². The van der Waals surface area contributed by atoms with E-state index in [9.17, 15) is 13.2 Å². The van der Waals surface area contributed by atoms with E-state index in [4.69, 9.17) is 9.56 Å². The highest BCUT2D eigenvalue weighted by atomic mass is 32.2. The smallest absolute Gasteiger partial charge is 0.330 e. The zero-order valence-electron chi connectivity index (χ0n) is 14.9. The molecule has 2 amide bonds. The summed E-state index contributed by atoms with van der Waals surface area (Å²) in [5.74, 6) is 0.506. The van der Waals surface area contributed by atoms with Gasteiger partial charge in [-0.1, -0.05) is 11.3 Å². The maximum absolute atomic E-state index is 13.0. The lowest BCUT2D eigenvalue weighted by Gasteiger charge is -2.34. The molecule has 4 rings (SSSR count). The fraction of sp³-hybridized carbons (Fsp3) is 0.235. The normalized spacial score (nSPS) is 15.3. The number of rotatable bonds is 4. The number of hydrogen-bond acceptors (Lipinski definition) is 7. The van der Waals surface area contributed by atoms with E-state index in [2.05, 4.69) is 9.97 Å². The van der Waals surface area contributed by atoms with Gasteiger partial charge in [-0.3, -0.25) is 9.80 Å². The molecule has 1 saturated heterocycles. The summed E-state index contributed by atoms with van der Waals surface area (Å²) in [6, 6.07) is 7.05. The van der Waals surface area contributed by atoms with Crippen LogP contribution in [0.2, 0.25) is 0 Å². The zero-order chi connectivity index (χ0) is 19.9. The number of oxazole rings is 1. The van der Waals surface area contributed by atoms with Gasteiger partial charge >= 0.3 is 6.03 Å². The number of benzene rings is 1. The van der Waals surface area contributed by atoms with E-state index in [1.807, 2.05) is 24.3 Å². The largest absolute Gasteiger partial charge is 0.445 e. The molecule has 3 aromatic rings. The first kappa shape index (κ1) is 18.6. The molecule has 0 spiro atoms. The summed E-state index contributed by atoms with van der Waals surface area (Å²) in [4.78, 5) is 24.5. The molecule has 2 aromatic heterocycles. The third kappa shape index (κ3) is 3.39. The molecule has 1 fully saturated rings. The highest BCUT2D eigenvalue weighted by Gasteiger charge is 2.31. The van der Waals surface area contributed by atoms with Crippen molar-refractivity contribution < 1.29 is 17.6 Å². The summed E-state index contributed by atoms with van der Waals surface area (Å²) in [6.45, 7) is 2.58. The van der Waals surface area contributed by atoms with Crippen LogP contribution in [-0.2, 0) is 10.0 Å². The number of hydrogen-bond donors (Lipinski definition) is 1. The van der Waals surface area contributed by atoms with Crippen molar-refractivity contribution in [2.75, 3.05) is 22.9 Å². The Morgan fingerprint density at radius 3 is 2.50 bits per heavy atom. The average Bonchev–Trinajstić information content (AvgIpc) is 3.31. The molecule has 0 radical (unpaired) electrons. The van der Waals surface area contributed by atoms with Gasteiger partial charge in [0.15, 0.2) is 9.34 Å². The van der Waals surface area contributed by atoms with Crippen molar-refractivity contribution in [1.82, 2.24) is 9.97 Å². The van der Waals surface area contributed by atoms with Crippen molar-refractivity contribution in [2.45, 2.75) is 17.6 Å². The molecule has 11 heteroatoms. The standard InChI is InChI=1S/C17H17N5O4S2/c1-11-15(28(18,24)25)27-16(20-11)22-9-2-8-21(17(22)23)13-5-3-12(4-6-13)14-19-7-10-26-14/h3-7,10H,2,8-9H2,1H3,(H2,18,24,25). The summed E-state index contributed by atoms with van der Waals surface area (Å²) in [5.41, 5.74) is 1.83. The van der Waals surface area contributed by atoms with Gasteiger partial charge in [0.25, 0.3) is 0 Å². The Labute approximate surface area is 165 Å². The average molecular weight is 419 g/mol. The van der Waals surface area contributed by atoms with Gasteiger partial charge < -0.3 is 4.42 Å². The molecule has 1 aliphatic rings. The molecule has 1 aliphatic heterocycles. The van der Waals surface area contributed by atoms with Crippen LogP contribution >= 0.6 is 11.3 Å². The fourth-order valence-electron chi connectivity index (χ4n) is 3.04. The SMILES string of the molecule is Cc1nc(N2CCCN(c3ccc(-c4ncco4)cc3)C2=O)sc1S(N)(=O)=O. The predicted molar refractivity (Wildman–Crippen MR) is 105 cm³/mol. The molecule has 146 valence electrons. The summed E-state index contributed by atoms with van der Waals surface area (Å²) < 4.78 is 28.6. The van der Waals surface area contributed by atoms with Gasteiger partial charge in [-0.05, 0) is 37.6 Å². The number of primary sulfonamides is 1. The van der Waals surface area contributed by atoms with Crippen LogP contribution in [0.1, 0.15) is 12.1 Å². The Morgan fingerprint density at radius 2 is 1.89 bits per heavy atom. The lowest BCUT2D eigenvalue weighted by molar-refractivity contribution is 0.248. The number of carbonyl (C=O) groups is 1. The van der Waals surface area contributed by atoms with Gasteiger partial charge in [-0.2, -0.15) is 0 Å². The highest BCUT2D eigenvalue weighted by molar-refractivity contribution is 7.91. The molecular formula is C17H17N5O4S2. The lowest BCUT2D eigenvalue weighted by atomic mass is 10.1. The molecule has 0 unspecified atom stereocenters. The van der Waals surface area contributed by atoms with Crippen LogP contribution < -0.4 is 14.9 Å². The number of aryl methyl sites for hydroxylation is 1. The molecule has 28 heavy (non-hydrogen) atoms. The number of thiazole rings is 1. The predicted octanol–water partition coefficient (Wildman–Crippen LogP) is 2.59. The number of nitrogens with zero attached hydrogens (tertiary/aromatic N) is 4. The first-order chi connectivity index (χ1) is 13.3. The number of carbonyl (C=O) groups excluding carboxylic acids is 1.